The molecule has 1 unspecified atom stereocenters. The molecule has 0 aromatic carbocycles. The van der Waals surface area contributed by atoms with E-state index in [1.807, 2.05) is 13.8 Å². The van der Waals surface area contributed by atoms with Gasteiger partial charge in [0.15, 0.2) is 0 Å². The fourth-order valence-electron chi connectivity index (χ4n) is 2.46. The summed E-state index contributed by atoms with van der Waals surface area (Å²) in [5, 5.41) is 14.4. The highest BCUT2D eigenvalue weighted by Crippen LogP contribution is 2.14. The molecular formula is C14H26N2O4. The number of hydrogen-bond donors (Lipinski definition) is 3. The van der Waals surface area contributed by atoms with Gasteiger partial charge < -0.3 is 20.5 Å². The molecule has 2 amide bonds. The topological polar surface area (TPSA) is 87.7 Å². The van der Waals surface area contributed by atoms with E-state index in [1.54, 1.807) is 0 Å². The highest BCUT2D eigenvalue weighted by atomic mass is 16.5. The van der Waals surface area contributed by atoms with Gasteiger partial charge in [0.2, 0.25) is 0 Å². The molecule has 0 aromatic heterocycles. The van der Waals surface area contributed by atoms with Crippen LogP contribution in [-0.4, -0.2) is 42.9 Å². The summed E-state index contributed by atoms with van der Waals surface area (Å²) in [7, 11) is 0. The number of carboxylic acids is 1. The number of carbonyl (C=O) groups excluding carboxylic acids is 1. The molecule has 0 radical (unpaired) electrons. The monoisotopic (exact) mass is 286 g/mol. The molecule has 0 spiro atoms. The van der Waals surface area contributed by atoms with Gasteiger partial charge in [-0.2, -0.15) is 0 Å². The van der Waals surface area contributed by atoms with E-state index in [9.17, 15) is 9.59 Å². The van der Waals surface area contributed by atoms with Crippen LogP contribution in [0.15, 0.2) is 0 Å². The number of urea groups is 1. The maximum atomic E-state index is 11.7. The molecule has 116 valence electrons. The van der Waals surface area contributed by atoms with Gasteiger partial charge in [-0.1, -0.05) is 13.8 Å². The lowest BCUT2D eigenvalue weighted by atomic mass is 9.94. The predicted molar refractivity (Wildman–Crippen MR) is 75.6 cm³/mol. The third-order valence-corrected chi connectivity index (χ3v) is 3.33. The number of carboxylic acid groups (broad SMARTS) is 1. The van der Waals surface area contributed by atoms with Crippen LogP contribution >= 0.6 is 0 Å². The highest BCUT2D eigenvalue weighted by molar-refractivity contribution is 5.74. The van der Waals surface area contributed by atoms with Crippen LogP contribution in [0.1, 0.15) is 39.5 Å². The van der Waals surface area contributed by atoms with Crippen molar-refractivity contribution in [3.05, 3.63) is 0 Å². The second-order valence-corrected chi connectivity index (χ2v) is 5.82. The summed E-state index contributed by atoms with van der Waals surface area (Å²) >= 11 is 0. The van der Waals surface area contributed by atoms with Crippen LogP contribution in [0.3, 0.4) is 0 Å². The third-order valence-electron chi connectivity index (χ3n) is 3.33. The van der Waals surface area contributed by atoms with Crippen LogP contribution in [0.5, 0.6) is 0 Å². The fraction of sp³-hybridized carbons (Fsp3) is 0.857. The highest BCUT2D eigenvalue weighted by Gasteiger charge is 2.18. The summed E-state index contributed by atoms with van der Waals surface area (Å²) < 4.78 is 5.41. The van der Waals surface area contributed by atoms with E-state index >= 15 is 0 Å². The van der Waals surface area contributed by atoms with Crippen molar-refractivity contribution >= 4 is 12.0 Å². The van der Waals surface area contributed by atoms with E-state index in [-0.39, 0.29) is 24.5 Å². The average molecular weight is 286 g/mol. The van der Waals surface area contributed by atoms with Crippen LogP contribution in [0, 0.1) is 11.8 Å². The first-order valence-corrected chi connectivity index (χ1v) is 7.32. The average Bonchev–Trinajstić information content (AvgIpc) is 2.85. The van der Waals surface area contributed by atoms with Crippen molar-refractivity contribution in [1.29, 1.82) is 0 Å². The normalized spacial score (nSPS) is 19.9. The van der Waals surface area contributed by atoms with Gasteiger partial charge in [-0.25, -0.2) is 4.79 Å². The van der Waals surface area contributed by atoms with Crippen LogP contribution in [-0.2, 0) is 9.53 Å². The van der Waals surface area contributed by atoms with Crippen molar-refractivity contribution in [3.8, 4) is 0 Å². The van der Waals surface area contributed by atoms with E-state index in [1.165, 1.54) is 0 Å². The van der Waals surface area contributed by atoms with Crippen molar-refractivity contribution in [3.63, 3.8) is 0 Å². The number of nitrogens with one attached hydrogen (secondary N) is 2. The Hall–Kier alpha value is -1.30. The molecule has 1 heterocycles. The molecule has 6 nitrogen and oxygen atoms in total. The molecule has 3 N–H and O–H groups in total. The molecule has 2 atom stereocenters. The minimum Gasteiger partial charge on any atom is -0.481 e. The molecule has 1 rings (SSSR count). The summed E-state index contributed by atoms with van der Waals surface area (Å²) in [4.78, 5) is 22.4. The summed E-state index contributed by atoms with van der Waals surface area (Å²) in [6, 6.07) is -0.250. The number of carbonyl (C=O) groups is 2. The number of ether oxygens (including phenoxy) is 1. The molecule has 0 aliphatic carbocycles. The molecule has 1 fully saturated rings. The minimum atomic E-state index is -0.822. The van der Waals surface area contributed by atoms with Gasteiger partial charge in [0.05, 0.1) is 6.10 Å². The summed E-state index contributed by atoms with van der Waals surface area (Å²) in [5.74, 6) is -0.436. The first-order valence-electron chi connectivity index (χ1n) is 7.32. The van der Waals surface area contributed by atoms with E-state index in [0.717, 1.165) is 25.9 Å². The molecule has 0 bridgehead atoms. The molecule has 1 aliphatic heterocycles. The van der Waals surface area contributed by atoms with E-state index < -0.39 is 5.97 Å². The lowest BCUT2D eigenvalue weighted by molar-refractivity contribution is -0.138. The van der Waals surface area contributed by atoms with Crippen molar-refractivity contribution in [1.82, 2.24) is 10.6 Å². The Morgan fingerprint density at radius 3 is 2.65 bits per heavy atom. The Morgan fingerprint density at radius 2 is 2.10 bits per heavy atom. The van der Waals surface area contributed by atoms with Crippen molar-refractivity contribution in [2.75, 3.05) is 19.7 Å². The number of rotatable bonds is 8. The van der Waals surface area contributed by atoms with Crippen molar-refractivity contribution < 1.29 is 19.4 Å². The molecule has 20 heavy (non-hydrogen) atoms. The molecule has 0 saturated carbocycles. The molecular weight excluding hydrogens is 260 g/mol. The summed E-state index contributed by atoms with van der Waals surface area (Å²) in [5.41, 5.74) is 0. The standard InChI is InChI=1S/C14H26N2O4/c1-10(2)6-11(7-13(17)18)8-15-14(19)16-9-12-4-3-5-20-12/h10-12H,3-9H2,1-2H3,(H,17,18)(H2,15,16,19)/t11-,12?/m0/s1. The smallest absolute Gasteiger partial charge is 0.314 e. The van der Waals surface area contributed by atoms with Crippen molar-refractivity contribution in [2.45, 2.75) is 45.6 Å². The zero-order chi connectivity index (χ0) is 15.0. The lowest BCUT2D eigenvalue weighted by Gasteiger charge is -2.18. The predicted octanol–water partition coefficient (Wildman–Crippen LogP) is 1.60. The second kappa shape index (κ2) is 8.79. The summed E-state index contributed by atoms with van der Waals surface area (Å²) in [6.45, 7) is 5.77. The third kappa shape index (κ3) is 7.33. The van der Waals surface area contributed by atoms with E-state index in [4.69, 9.17) is 9.84 Å². The molecule has 0 aromatic rings. The zero-order valence-electron chi connectivity index (χ0n) is 12.4. The Balaban J connectivity index is 2.22. The molecule has 1 aliphatic rings. The van der Waals surface area contributed by atoms with Gasteiger partial charge in [-0.05, 0) is 31.1 Å². The number of amides is 2. The van der Waals surface area contributed by atoms with Gasteiger partial charge >= 0.3 is 12.0 Å². The lowest BCUT2D eigenvalue weighted by Crippen LogP contribution is -2.41. The number of aliphatic carboxylic acids is 1. The zero-order valence-corrected chi connectivity index (χ0v) is 12.4. The SMILES string of the molecule is CC(C)C[C@H](CNC(=O)NCC1CCCO1)CC(=O)O. The van der Waals surface area contributed by atoms with Gasteiger partial charge in [-0.15, -0.1) is 0 Å². The van der Waals surface area contributed by atoms with Crippen molar-refractivity contribution in [2.24, 2.45) is 11.8 Å². The van der Waals surface area contributed by atoms with Gasteiger partial charge in [0.25, 0.3) is 0 Å². The van der Waals surface area contributed by atoms with Gasteiger partial charge in [-0.3, -0.25) is 4.79 Å². The Kier molecular flexibility index (Phi) is 7.36. The molecule has 6 heteroatoms. The Morgan fingerprint density at radius 1 is 1.35 bits per heavy atom. The first-order chi connectivity index (χ1) is 9.47. The quantitative estimate of drug-likeness (QED) is 0.632. The Labute approximate surface area is 120 Å². The first kappa shape index (κ1) is 16.8. The van der Waals surface area contributed by atoms with Gasteiger partial charge in [0, 0.05) is 26.1 Å². The largest absolute Gasteiger partial charge is 0.481 e. The van der Waals surface area contributed by atoms with Crippen LogP contribution in [0.25, 0.3) is 0 Å². The van der Waals surface area contributed by atoms with Crippen LogP contribution < -0.4 is 10.6 Å². The second-order valence-electron chi connectivity index (χ2n) is 5.82. The molecule has 1 saturated heterocycles. The maximum Gasteiger partial charge on any atom is 0.314 e. The fourth-order valence-corrected chi connectivity index (χ4v) is 2.46. The van der Waals surface area contributed by atoms with E-state index in [2.05, 4.69) is 10.6 Å². The Bertz CT molecular complexity index is 314. The van der Waals surface area contributed by atoms with Gasteiger partial charge in [0.1, 0.15) is 0 Å². The van der Waals surface area contributed by atoms with E-state index in [0.29, 0.717) is 19.0 Å². The summed E-state index contributed by atoms with van der Waals surface area (Å²) in [6.07, 6.45) is 3.02. The van der Waals surface area contributed by atoms with Crippen LogP contribution in [0.2, 0.25) is 0 Å². The maximum absolute atomic E-state index is 11.7. The minimum absolute atomic E-state index is 0.0269. The number of hydrogen-bond acceptors (Lipinski definition) is 3. The van der Waals surface area contributed by atoms with Crippen LogP contribution in [0.4, 0.5) is 4.79 Å².